The first kappa shape index (κ1) is 14.2. The highest BCUT2D eigenvalue weighted by molar-refractivity contribution is 7.90. The molecule has 0 atom stereocenters. The fourth-order valence-corrected chi connectivity index (χ4v) is 2.94. The summed E-state index contributed by atoms with van der Waals surface area (Å²) in [5, 5.41) is 16.4. The number of aryl methyl sites for hydroxylation is 1. The lowest BCUT2D eigenvalue weighted by molar-refractivity contribution is 0.0696. The smallest absolute Gasteiger partial charge is 0.335 e. The molecule has 2 rings (SSSR count). The Morgan fingerprint density at radius 1 is 1.25 bits per heavy atom. The van der Waals surface area contributed by atoms with Crippen molar-refractivity contribution in [1.82, 2.24) is 14.8 Å². The first-order chi connectivity index (χ1) is 9.31. The largest absolute Gasteiger partial charge is 0.478 e. The standard InChI is InChI=1S/C12H13N3O4S/c1-8-13-14-11(15(8)2)7-20(18,19)10-5-3-9(4-6-10)12(16)17/h3-6H,7H2,1-2H3,(H,16,17). The molecule has 7 nitrogen and oxygen atoms in total. The zero-order valence-corrected chi connectivity index (χ0v) is 11.8. The molecule has 0 radical (unpaired) electrons. The molecule has 1 aromatic carbocycles. The van der Waals surface area contributed by atoms with Gasteiger partial charge in [-0.1, -0.05) is 0 Å². The highest BCUT2D eigenvalue weighted by Gasteiger charge is 2.19. The van der Waals surface area contributed by atoms with E-state index in [1.807, 2.05) is 0 Å². The van der Waals surface area contributed by atoms with Crippen LogP contribution in [0.2, 0.25) is 0 Å². The van der Waals surface area contributed by atoms with Crippen molar-refractivity contribution >= 4 is 15.8 Å². The minimum Gasteiger partial charge on any atom is -0.478 e. The number of carbonyl (C=O) groups is 1. The summed E-state index contributed by atoms with van der Waals surface area (Å²) >= 11 is 0. The van der Waals surface area contributed by atoms with Crippen molar-refractivity contribution in [2.45, 2.75) is 17.6 Å². The van der Waals surface area contributed by atoms with Crippen LogP contribution in [0.5, 0.6) is 0 Å². The molecule has 106 valence electrons. The average molecular weight is 295 g/mol. The molecule has 20 heavy (non-hydrogen) atoms. The van der Waals surface area contributed by atoms with Gasteiger partial charge in [0.25, 0.3) is 0 Å². The number of carboxylic acids is 1. The van der Waals surface area contributed by atoms with Crippen molar-refractivity contribution in [2.24, 2.45) is 7.05 Å². The average Bonchev–Trinajstić information content (AvgIpc) is 2.70. The Morgan fingerprint density at radius 2 is 1.85 bits per heavy atom. The van der Waals surface area contributed by atoms with Gasteiger partial charge in [0.1, 0.15) is 17.4 Å². The van der Waals surface area contributed by atoms with E-state index in [2.05, 4.69) is 10.2 Å². The normalized spacial score (nSPS) is 11.5. The number of benzene rings is 1. The molecular weight excluding hydrogens is 282 g/mol. The van der Waals surface area contributed by atoms with Gasteiger partial charge < -0.3 is 9.67 Å². The number of aromatic carboxylic acids is 1. The molecular formula is C12H13N3O4S. The Hall–Kier alpha value is -2.22. The van der Waals surface area contributed by atoms with Gasteiger partial charge in [-0.25, -0.2) is 13.2 Å². The summed E-state index contributed by atoms with van der Waals surface area (Å²) in [6.45, 7) is 1.73. The summed E-state index contributed by atoms with van der Waals surface area (Å²) in [7, 11) is -1.89. The van der Waals surface area contributed by atoms with E-state index in [4.69, 9.17) is 5.11 Å². The third kappa shape index (κ3) is 2.69. The van der Waals surface area contributed by atoms with Crippen LogP contribution in [0.3, 0.4) is 0 Å². The van der Waals surface area contributed by atoms with Crippen LogP contribution in [0, 0.1) is 6.92 Å². The van der Waals surface area contributed by atoms with E-state index in [9.17, 15) is 13.2 Å². The molecule has 0 spiro atoms. The molecule has 0 fully saturated rings. The predicted molar refractivity (Wildman–Crippen MR) is 70.0 cm³/mol. The van der Waals surface area contributed by atoms with Crippen LogP contribution >= 0.6 is 0 Å². The first-order valence-corrected chi connectivity index (χ1v) is 7.37. The molecule has 0 saturated heterocycles. The Morgan fingerprint density at radius 3 is 2.30 bits per heavy atom. The van der Waals surface area contributed by atoms with Gasteiger partial charge in [0.2, 0.25) is 0 Å². The number of carboxylic acid groups (broad SMARTS) is 1. The Bertz CT molecular complexity index is 748. The van der Waals surface area contributed by atoms with E-state index in [1.54, 1.807) is 18.5 Å². The summed E-state index contributed by atoms with van der Waals surface area (Å²) < 4.78 is 26.0. The summed E-state index contributed by atoms with van der Waals surface area (Å²) in [6, 6.07) is 5.08. The van der Waals surface area contributed by atoms with E-state index < -0.39 is 15.8 Å². The molecule has 0 amide bonds. The van der Waals surface area contributed by atoms with Gasteiger partial charge in [0.15, 0.2) is 9.84 Å². The lowest BCUT2D eigenvalue weighted by atomic mass is 10.2. The Kier molecular flexibility index (Phi) is 3.58. The van der Waals surface area contributed by atoms with Crippen molar-refractivity contribution in [3.8, 4) is 0 Å². The summed E-state index contributed by atoms with van der Waals surface area (Å²) in [6.07, 6.45) is 0. The summed E-state index contributed by atoms with van der Waals surface area (Å²) in [4.78, 5) is 10.8. The fourth-order valence-electron chi connectivity index (χ4n) is 1.63. The third-order valence-electron chi connectivity index (χ3n) is 2.96. The number of aromatic nitrogens is 3. The topological polar surface area (TPSA) is 102 Å². The number of hydrogen-bond acceptors (Lipinski definition) is 5. The van der Waals surface area contributed by atoms with Crippen molar-refractivity contribution in [1.29, 1.82) is 0 Å². The lowest BCUT2D eigenvalue weighted by Crippen LogP contribution is -2.10. The lowest BCUT2D eigenvalue weighted by Gasteiger charge is -2.05. The molecule has 1 N–H and O–H groups in total. The van der Waals surface area contributed by atoms with E-state index in [0.29, 0.717) is 11.6 Å². The minimum absolute atomic E-state index is 0.0402. The highest BCUT2D eigenvalue weighted by Crippen LogP contribution is 2.16. The van der Waals surface area contributed by atoms with Gasteiger partial charge in [0.05, 0.1) is 10.5 Å². The minimum atomic E-state index is -3.58. The second kappa shape index (κ2) is 5.04. The van der Waals surface area contributed by atoms with Crippen molar-refractivity contribution in [3.05, 3.63) is 41.5 Å². The maximum Gasteiger partial charge on any atom is 0.335 e. The molecule has 2 aromatic rings. The molecule has 1 heterocycles. The zero-order chi connectivity index (χ0) is 14.9. The molecule has 8 heteroatoms. The second-order valence-corrected chi connectivity index (χ2v) is 6.30. The van der Waals surface area contributed by atoms with Crippen LogP contribution in [0.4, 0.5) is 0 Å². The molecule has 0 unspecified atom stereocenters. The van der Waals surface area contributed by atoms with Crippen LogP contribution in [-0.4, -0.2) is 34.3 Å². The number of hydrogen-bond donors (Lipinski definition) is 1. The molecule has 0 bridgehead atoms. The maximum atomic E-state index is 12.2. The summed E-state index contributed by atoms with van der Waals surface area (Å²) in [5.74, 6) is -0.421. The number of sulfone groups is 1. The zero-order valence-electron chi connectivity index (χ0n) is 10.9. The number of nitrogens with zero attached hydrogens (tertiary/aromatic N) is 3. The highest BCUT2D eigenvalue weighted by atomic mass is 32.2. The monoisotopic (exact) mass is 295 g/mol. The molecule has 0 aliphatic rings. The van der Waals surface area contributed by atoms with Crippen LogP contribution in [0.25, 0.3) is 0 Å². The first-order valence-electron chi connectivity index (χ1n) is 5.72. The Balaban J connectivity index is 2.31. The SMILES string of the molecule is Cc1nnc(CS(=O)(=O)c2ccc(C(=O)O)cc2)n1C. The van der Waals surface area contributed by atoms with Gasteiger partial charge in [-0.05, 0) is 31.2 Å². The summed E-state index contributed by atoms with van der Waals surface area (Å²) in [5.41, 5.74) is 0.0402. The van der Waals surface area contributed by atoms with Crippen LogP contribution in [0.15, 0.2) is 29.2 Å². The maximum absolute atomic E-state index is 12.2. The Labute approximate surface area is 115 Å². The van der Waals surface area contributed by atoms with Crippen LogP contribution < -0.4 is 0 Å². The van der Waals surface area contributed by atoms with Gasteiger partial charge in [-0.3, -0.25) is 0 Å². The molecule has 0 aliphatic heterocycles. The van der Waals surface area contributed by atoms with E-state index in [1.165, 1.54) is 24.3 Å². The molecule has 0 saturated carbocycles. The van der Waals surface area contributed by atoms with Crippen LogP contribution in [0.1, 0.15) is 22.0 Å². The van der Waals surface area contributed by atoms with E-state index in [-0.39, 0.29) is 16.2 Å². The van der Waals surface area contributed by atoms with Gasteiger partial charge in [0, 0.05) is 7.05 Å². The fraction of sp³-hybridized carbons (Fsp3) is 0.250. The second-order valence-electron chi connectivity index (χ2n) is 4.31. The van der Waals surface area contributed by atoms with E-state index >= 15 is 0 Å². The quantitative estimate of drug-likeness (QED) is 0.895. The van der Waals surface area contributed by atoms with Gasteiger partial charge in [-0.15, -0.1) is 10.2 Å². The van der Waals surface area contributed by atoms with E-state index in [0.717, 1.165) is 0 Å². The molecule has 0 aliphatic carbocycles. The predicted octanol–water partition coefficient (Wildman–Crippen LogP) is 0.796. The van der Waals surface area contributed by atoms with Crippen molar-refractivity contribution < 1.29 is 18.3 Å². The molecule has 1 aromatic heterocycles. The number of rotatable bonds is 4. The van der Waals surface area contributed by atoms with Crippen LogP contribution in [-0.2, 0) is 22.6 Å². The van der Waals surface area contributed by atoms with Crippen molar-refractivity contribution in [3.63, 3.8) is 0 Å². The van der Waals surface area contributed by atoms with Crippen molar-refractivity contribution in [2.75, 3.05) is 0 Å². The van der Waals surface area contributed by atoms with Gasteiger partial charge in [-0.2, -0.15) is 0 Å². The third-order valence-corrected chi connectivity index (χ3v) is 4.59. The van der Waals surface area contributed by atoms with Gasteiger partial charge >= 0.3 is 5.97 Å².